The first-order chi connectivity index (χ1) is 14.6. The van der Waals surface area contributed by atoms with Gasteiger partial charge in [-0.25, -0.2) is 18.4 Å². The van der Waals surface area contributed by atoms with E-state index in [0.717, 1.165) is 19.3 Å². The van der Waals surface area contributed by atoms with Gasteiger partial charge in [0.15, 0.2) is 0 Å². The van der Waals surface area contributed by atoms with Gasteiger partial charge in [-0.05, 0) is 69.2 Å². The van der Waals surface area contributed by atoms with Gasteiger partial charge in [0.1, 0.15) is 11.6 Å². The third-order valence-corrected chi connectivity index (χ3v) is 7.51. The van der Waals surface area contributed by atoms with Crippen LogP contribution in [0.4, 0.5) is 11.5 Å². The highest BCUT2D eigenvalue weighted by Gasteiger charge is 2.53. The topological polar surface area (TPSA) is 138 Å². The number of hydrogen-bond donors (Lipinski definition) is 3. The van der Waals surface area contributed by atoms with E-state index in [-0.39, 0.29) is 28.5 Å². The van der Waals surface area contributed by atoms with Gasteiger partial charge in [0.05, 0.1) is 16.7 Å². The number of carbonyl (C=O) groups is 2. The largest absolute Gasteiger partial charge is 0.481 e. The summed E-state index contributed by atoms with van der Waals surface area (Å²) in [7, 11) is -3.87. The predicted octanol–water partition coefficient (Wildman–Crippen LogP) is 2.58. The standard InChI is InChI=1S/C21H24N4O5S/c1-11-9-17(23-12(2)22-11)25-31(29,30)16-7-5-15(6-8-16)24-20(26)18-13-3-4-14(10-13)19(18)21(27)28/h5-9,13-14,18-19H,3-4,10H2,1-2H3,(H,24,26)(H,27,28)(H,22,23,25)/t13-,14-,18+,19-/m0/s1. The molecule has 1 aromatic carbocycles. The van der Waals surface area contributed by atoms with Crippen molar-refractivity contribution in [1.29, 1.82) is 0 Å². The van der Waals surface area contributed by atoms with Crippen LogP contribution in [0.5, 0.6) is 0 Å². The van der Waals surface area contributed by atoms with Crippen LogP contribution in [-0.4, -0.2) is 35.4 Å². The van der Waals surface area contributed by atoms with E-state index in [1.807, 2.05) is 0 Å². The molecule has 0 unspecified atom stereocenters. The highest BCUT2D eigenvalue weighted by Crippen LogP contribution is 2.52. The van der Waals surface area contributed by atoms with Crippen molar-refractivity contribution >= 4 is 33.4 Å². The zero-order valence-electron chi connectivity index (χ0n) is 17.2. The fraction of sp³-hybridized carbons (Fsp3) is 0.429. The van der Waals surface area contributed by atoms with Gasteiger partial charge in [-0.3, -0.25) is 14.3 Å². The van der Waals surface area contributed by atoms with Gasteiger partial charge >= 0.3 is 5.97 Å². The van der Waals surface area contributed by atoms with Gasteiger partial charge < -0.3 is 10.4 Å². The van der Waals surface area contributed by atoms with E-state index in [1.54, 1.807) is 13.8 Å². The number of amides is 1. The smallest absolute Gasteiger partial charge is 0.307 e. The van der Waals surface area contributed by atoms with Crippen molar-refractivity contribution in [3.05, 3.63) is 41.9 Å². The molecule has 1 amide bonds. The SMILES string of the molecule is Cc1cc(NS(=O)(=O)c2ccc(NC(=O)[C@@H]3[C@H]4CC[C@@H](C4)[C@@H]3C(=O)O)cc2)nc(C)n1. The summed E-state index contributed by atoms with van der Waals surface area (Å²) >= 11 is 0. The molecule has 2 aromatic rings. The number of nitrogens with zero attached hydrogens (tertiary/aromatic N) is 2. The van der Waals surface area contributed by atoms with E-state index in [1.165, 1.54) is 30.3 Å². The Morgan fingerprint density at radius 2 is 1.68 bits per heavy atom. The summed E-state index contributed by atoms with van der Waals surface area (Å²) in [4.78, 5) is 32.6. The summed E-state index contributed by atoms with van der Waals surface area (Å²) in [6.07, 6.45) is 2.51. The summed E-state index contributed by atoms with van der Waals surface area (Å²) in [5.74, 6) is -1.65. The molecular formula is C21H24N4O5S. The molecule has 1 heterocycles. The molecule has 0 saturated heterocycles. The molecule has 2 fully saturated rings. The number of benzene rings is 1. The molecule has 0 spiro atoms. The molecule has 164 valence electrons. The number of hydrogen-bond acceptors (Lipinski definition) is 6. The average molecular weight is 445 g/mol. The van der Waals surface area contributed by atoms with Crippen LogP contribution in [0.2, 0.25) is 0 Å². The molecule has 2 saturated carbocycles. The van der Waals surface area contributed by atoms with E-state index in [2.05, 4.69) is 20.0 Å². The Kier molecular flexibility index (Phi) is 5.42. The maximum Gasteiger partial charge on any atom is 0.307 e. The number of nitrogens with one attached hydrogen (secondary N) is 2. The zero-order valence-corrected chi connectivity index (χ0v) is 18.0. The summed E-state index contributed by atoms with van der Waals surface area (Å²) in [5.41, 5.74) is 1.06. The van der Waals surface area contributed by atoms with Crippen molar-refractivity contribution in [2.75, 3.05) is 10.0 Å². The highest BCUT2D eigenvalue weighted by molar-refractivity contribution is 7.92. The third kappa shape index (κ3) is 4.25. The number of sulfonamides is 1. The van der Waals surface area contributed by atoms with Gasteiger partial charge in [-0.1, -0.05) is 0 Å². The molecule has 31 heavy (non-hydrogen) atoms. The second-order valence-electron chi connectivity index (χ2n) is 8.28. The zero-order chi connectivity index (χ0) is 22.3. The Labute approximate surface area is 180 Å². The van der Waals surface area contributed by atoms with Crippen molar-refractivity contribution in [3.63, 3.8) is 0 Å². The van der Waals surface area contributed by atoms with Crippen LogP contribution in [0.25, 0.3) is 0 Å². The Bertz CT molecular complexity index is 1110. The Balaban J connectivity index is 1.46. The van der Waals surface area contributed by atoms with Crippen LogP contribution in [-0.2, 0) is 19.6 Å². The van der Waals surface area contributed by atoms with Crippen LogP contribution in [0.1, 0.15) is 30.8 Å². The van der Waals surface area contributed by atoms with Gasteiger partial charge in [-0.15, -0.1) is 0 Å². The van der Waals surface area contributed by atoms with E-state index in [4.69, 9.17) is 0 Å². The molecule has 1 aromatic heterocycles. The van der Waals surface area contributed by atoms with Gasteiger partial charge in [0.2, 0.25) is 5.91 Å². The molecular weight excluding hydrogens is 420 g/mol. The minimum atomic E-state index is -3.87. The molecule has 0 aliphatic heterocycles. The van der Waals surface area contributed by atoms with Gasteiger partial charge in [0, 0.05) is 17.4 Å². The number of carboxylic acids is 1. The molecule has 2 aliphatic carbocycles. The van der Waals surface area contributed by atoms with Crippen LogP contribution in [0.3, 0.4) is 0 Å². The molecule has 10 heteroatoms. The van der Waals surface area contributed by atoms with Gasteiger partial charge in [-0.2, -0.15) is 0 Å². The Morgan fingerprint density at radius 1 is 1.03 bits per heavy atom. The molecule has 4 rings (SSSR count). The molecule has 2 aliphatic rings. The maximum atomic E-state index is 12.8. The third-order valence-electron chi connectivity index (χ3n) is 6.14. The molecule has 3 N–H and O–H groups in total. The molecule has 4 atom stereocenters. The predicted molar refractivity (Wildman–Crippen MR) is 113 cm³/mol. The quantitative estimate of drug-likeness (QED) is 0.622. The number of carboxylic acid groups (broad SMARTS) is 1. The fourth-order valence-corrected chi connectivity index (χ4v) is 5.92. The molecule has 9 nitrogen and oxygen atoms in total. The number of carbonyl (C=O) groups excluding carboxylic acids is 1. The van der Waals surface area contributed by atoms with Crippen LogP contribution >= 0.6 is 0 Å². The number of aromatic nitrogens is 2. The lowest BCUT2D eigenvalue weighted by atomic mass is 9.78. The first-order valence-corrected chi connectivity index (χ1v) is 11.6. The summed E-state index contributed by atoms with van der Waals surface area (Å²) in [6, 6.07) is 7.29. The van der Waals surface area contributed by atoms with E-state index in [9.17, 15) is 23.1 Å². The second-order valence-corrected chi connectivity index (χ2v) is 9.97. The Morgan fingerprint density at radius 3 is 2.29 bits per heavy atom. The van der Waals surface area contributed by atoms with Crippen molar-refractivity contribution in [1.82, 2.24) is 9.97 Å². The Hall–Kier alpha value is -3.01. The van der Waals surface area contributed by atoms with Crippen molar-refractivity contribution in [2.24, 2.45) is 23.7 Å². The fourth-order valence-electron chi connectivity index (χ4n) is 4.93. The lowest BCUT2D eigenvalue weighted by Crippen LogP contribution is -2.37. The second kappa shape index (κ2) is 7.92. The number of anilines is 2. The number of rotatable bonds is 6. The summed E-state index contributed by atoms with van der Waals surface area (Å²) < 4.78 is 27.7. The van der Waals surface area contributed by atoms with Crippen LogP contribution < -0.4 is 10.0 Å². The van der Waals surface area contributed by atoms with E-state index < -0.39 is 27.8 Å². The van der Waals surface area contributed by atoms with Crippen LogP contribution in [0.15, 0.2) is 35.2 Å². The first-order valence-electron chi connectivity index (χ1n) is 10.1. The van der Waals surface area contributed by atoms with Crippen molar-refractivity contribution in [2.45, 2.75) is 38.0 Å². The monoisotopic (exact) mass is 444 g/mol. The first kappa shape index (κ1) is 21.2. The molecule has 2 bridgehead atoms. The maximum absolute atomic E-state index is 12.8. The summed E-state index contributed by atoms with van der Waals surface area (Å²) in [5, 5.41) is 12.3. The minimum Gasteiger partial charge on any atom is -0.481 e. The lowest BCUT2D eigenvalue weighted by Gasteiger charge is -2.27. The lowest BCUT2D eigenvalue weighted by molar-refractivity contribution is -0.148. The average Bonchev–Trinajstić information content (AvgIpc) is 3.28. The van der Waals surface area contributed by atoms with E-state index >= 15 is 0 Å². The summed E-state index contributed by atoms with van der Waals surface area (Å²) in [6.45, 7) is 3.42. The van der Waals surface area contributed by atoms with Crippen LogP contribution in [0, 0.1) is 37.5 Å². The minimum absolute atomic E-state index is 0.0164. The van der Waals surface area contributed by atoms with Crippen molar-refractivity contribution in [3.8, 4) is 0 Å². The van der Waals surface area contributed by atoms with E-state index in [0.29, 0.717) is 17.2 Å². The number of aryl methyl sites for hydroxylation is 2. The normalized spacial score (nSPS) is 24.7. The van der Waals surface area contributed by atoms with Gasteiger partial charge in [0.25, 0.3) is 10.0 Å². The van der Waals surface area contributed by atoms with Crippen molar-refractivity contribution < 1.29 is 23.1 Å². The highest BCUT2D eigenvalue weighted by atomic mass is 32.2. The number of aliphatic carboxylic acids is 1. The number of fused-ring (bicyclic) bond motifs is 2. The molecule has 0 radical (unpaired) electrons.